The minimum absolute atomic E-state index is 0.0324. The molecule has 0 bridgehead atoms. The van der Waals surface area contributed by atoms with Crippen molar-refractivity contribution in [1.82, 2.24) is 10.3 Å². The van der Waals surface area contributed by atoms with Crippen LogP contribution in [0.4, 0.5) is 13.2 Å². The van der Waals surface area contributed by atoms with Gasteiger partial charge in [0.25, 0.3) is 5.91 Å². The Kier molecular flexibility index (Phi) is 5.91. The first-order valence-corrected chi connectivity index (χ1v) is 7.40. The van der Waals surface area contributed by atoms with E-state index in [1.54, 1.807) is 18.2 Å². The van der Waals surface area contributed by atoms with Gasteiger partial charge in [0.05, 0.1) is 32.5 Å². The fourth-order valence-electron chi connectivity index (χ4n) is 2.23. The van der Waals surface area contributed by atoms with Crippen LogP contribution in [0.2, 0.25) is 0 Å². The number of nitrogens with one attached hydrogen (secondary N) is 1. The summed E-state index contributed by atoms with van der Waals surface area (Å²) in [6.45, 7) is -0.0324. The number of aromatic nitrogens is 1. The summed E-state index contributed by atoms with van der Waals surface area (Å²) >= 11 is 0. The number of alkyl halides is 3. The quantitative estimate of drug-likeness (QED) is 0.846. The Balaban J connectivity index is 2.23. The largest absolute Gasteiger partial charge is 0.497 e. The Labute approximate surface area is 147 Å². The summed E-state index contributed by atoms with van der Waals surface area (Å²) in [5, 5.41) is 2.44. The lowest BCUT2D eigenvalue weighted by Gasteiger charge is -2.14. The van der Waals surface area contributed by atoms with Gasteiger partial charge in [0.2, 0.25) is 5.88 Å². The van der Waals surface area contributed by atoms with Crippen molar-refractivity contribution in [1.29, 1.82) is 0 Å². The fraction of sp³-hybridized carbons (Fsp3) is 0.294. The highest BCUT2D eigenvalue weighted by Crippen LogP contribution is 2.33. The molecule has 0 saturated heterocycles. The number of hydrogen-bond acceptors (Lipinski definition) is 5. The Hall–Kier alpha value is -2.97. The minimum Gasteiger partial charge on any atom is -0.497 e. The van der Waals surface area contributed by atoms with E-state index in [4.69, 9.17) is 14.2 Å². The molecule has 0 aliphatic rings. The molecular formula is C17H17F3N2O4. The molecule has 0 fully saturated rings. The van der Waals surface area contributed by atoms with Gasteiger partial charge in [-0.25, -0.2) is 4.98 Å². The second-order valence-corrected chi connectivity index (χ2v) is 5.13. The zero-order chi connectivity index (χ0) is 19.3. The lowest BCUT2D eigenvalue weighted by molar-refractivity contribution is -0.138. The van der Waals surface area contributed by atoms with Crippen molar-refractivity contribution in [3.05, 3.63) is 47.2 Å². The maximum absolute atomic E-state index is 13.2. The smallest absolute Gasteiger partial charge is 0.417 e. The van der Waals surface area contributed by atoms with E-state index >= 15 is 0 Å². The number of carbonyl (C=O) groups is 1. The highest BCUT2D eigenvalue weighted by Gasteiger charge is 2.36. The number of amides is 1. The van der Waals surface area contributed by atoms with Gasteiger partial charge in [0, 0.05) is 30.4 Å². The molecule has 1 aromatic carbocycles. The number of rotatable bonds is 6. The Bertz CT molecular complexity index is 794. The number of hydrogen-bond donors (Lipinski definition) is 1. The number of nitrogens with zero attached hydrogens (tertiary/aromatic N) is 1. The molecule has 0 spiro atoms. The fourth-order valence-corrected chi connectivity index (χ4v) is 2.23. The molecule has 0 atom stereocenters. The maximum atomic E-state index is 13.2. The number of pyridine rings is 1. The summed E-state index contributed by atoms with van der Waals surface area (Å²) in [5.74, 6) is -0.153. The number of carbonyl (C=O) groups excluding carboxylic acids is 1. The SMILES string of the molecule is COc1ccc(CNC(=O)c2cnc(OC)cc2C(F)(F)F)c(OC)c1. The molecule has 2 rings (SSSR count). The van der Waals surface area contributed by atoms with Crippen molar-refractivity contribution >= 4 is 5.91 Å². The van der Waals surface area contributed by atoms with Crippen LogP contribution in [-0.2, 0) is 12.7 Å². The van der Waals surface area contributed by atoms with Crippen LogP contribution >= 0.6 is 0 Å². The number of halogens is 3. The zero-order valence-electron chi connectivity index (χ0n) is 14.3. The summed E-state index contributed by atoms with van der Waals surface area (Å²) < 4.78 is 54.5. The summed E-state index contributed by atoms with van der Waals surface area (Å²) in [4.78, 5) is 15.9. The third-order valence-corrected chi connectivity index (χ3v) is 3.57. The average Bonchev–Trinajstić information content (AvgIpc) is 2.64. The molecule has 26 heavy (non-hydrogen) atoms. The number of ether oxygens (including phenoxy) is 3. The van der Waals surface area contributed by atoms with Gasteiger partial charge in [0.1, 0.15) is 11.5 Å². The molecule has 0 saturated carbocycles. The van der Waals surface area contributed by atoms with Crippen molar-refractivity contribution in [2.45, 2.75) is 12.7 Å². The molecule has 0 aliphatic heterocycles. The Morgan fingerprint density at radius 1 is 1.12 bits per heavy atom. The van der Waals surface area contributed by atoms with Crippen LogP contribution < -0.4 is 19.5 Å². The van der Waals surface area contributed by atoms with Crippen LogP contribution in [0.1, 0.15) is 21.5 Å². The summed E-state index contributed by atoms with van der Waals surface area (Å²) in [7, 11) is 4.12. The molecule has 140 valence electrons. The lowest BCUT2D eigenvalue weighted by Crippen LogP contribution is -2.26. The highest BCUT2D eigenvalue weighted by atomic mass is 19.4. The van der Waals surface area contributed by atoms with E-state index in [-0.39, 0.29) is 12.4 Å². The van der Waals surface area contributed by atoms with Crippen molar-refractivity contribution in [3.8, 4) is 17.4 Å². The normalized spacial score (nSPS) is 11.0. The molecule has 0 unspecified atom stereocenters. The summed E-state index contributed by atoms with van der Waals surface area (Å²) in [6.07, 6.45) is -3.89. The van der Waals surface area contributed by atoms with Gasteiger partial charge in [-0.15, -0.1) is 0 Å². The Morgan fingerprint density at radius 2 is 1.85 bits per heavy atom. The monoisotopic (exact) mass is 370 g/mol. The Morgan fingerprint density at radius 3 is 2.42 bits per heavy atom. The van der Waals surface area contributed by atoms with Crippen LogP contribution in [0.3, 0.4) is 0 Å². The highest BCUT2D eigenvalue weighted by molar-refractivity contribution is 5.95. The van der Waals surface area contributed by atoms with E-state index in [9.17, 15) is 18.0 Å². The topological polar surface area (TPSA) is 69.7 Å². The van der Waals surface area contributed by atoms with Gasteiger partial charge in [-0.05, 0) is 12.1 Å². The number of methoxy groups -OCH3 is 3. The van der Waals surface area contributed by atoms with Crippen LogP contribution in [0.5, 0.6) is 17.4 Å². The first-order chi connectivity index (χ1) is 12.3. The summed E-state index contributed by atoms with van der Waals surface area (Å²) in [5.41, 5.74) is -1.13. The standard InChI is InChI=1S/C17H17F3N2O4/c1-24-11-5-4-10(14(6-11)25-2)8-22-16(23)12-9-21-15(26-3)7-13(12)17(18,19)20/h4-7,9H,8H2,1-3H3,(H,22,23). The molecule has 1 heterocycles. The van der Waals surface area contributed by atoms with Gasteiger partial charge in [-0.3, -0.25) is 4.79 Å². The minimum atomic E-state index is -4.72. The molecular weight excluding hydrogens is 353 g/mol. The molecule has 9 heteroatoms. The van der Waals surface area contributed by atoms with Crippen LogP contribution in [0, 0.1) is 0 Å². The third kappa shape index (κ3) is 4.35. The van der Waals surface area contributed by atoms with Gasteiger partial charge in [-0.1, -0.05) is 0 Å². The molecule has 1 aromatic heterocycles. The average molecular weight is 370 g/mol. The van der Waals surface area contributed by atoms with E-state index < -0.39 is 23.2 Å². The molecule has 6 nitrogen and oxygen atoms in total. The first kappa shape index (κ1) is 19.4. The van der Waals surface area contributed by atoms with Crippen molar-refractivity contribution in [3.63, 3.8) is 0 Å². The van der Waals surface area contributed by atoms with Gasteiger partial charge in [-0.2, -0.15) is 13.2 Å². The van der Waals surface area contributed by atoms with E-state index in [1.807, 2.05) is 0 Å². The van der Waals surface area contributed by atoms with Crippen LogP contribution in [0.15, 0.2) is 30.5 Å². The van der Waals surface area contributed by atoms with Gasteiger partial charge >= 0.3 is 6.18 Å². The van der Waals surface area contributed by atoms with Crippen molar-refractivity contribution in [2.75, 3.05) is 21.3 Å². The number of benzene rings is 1. The molecule has 1 N–H and O–H groups in total. The third-order valence-electron chi connectivity index (χ3n) is 3.57. The molecule has 0 radical (unpaired) electrons. The molecule has 0 aliphatic carbocycles. The molecule has 1 amide bonds. The van der Waals surface area contributed by atoms with E-state index in [1.165, 1.54) is 21.3 Å². The van der Waals surface area contributed by atoms with Gasteiger partial charge in [0.15, 0.2) is 0 Å². The van der Waals surface area contributed by atoms with E-state index in [0.29, 0.717) is 23.1 Å². The second kappa shape index (κ2) is 7.94. The molecule has 2 aromatic rings. The van der Waals surface area contributed by atoms with E-state index in [2.05, 4.69) is 10.3 Å². The predicted molar refractivity (Wildman–Crippen MR) is 86.5 cm³/mol. The van der Waals surface area contributed by atoms with Crippen molar-refractivity contribution in [2.24, 2.45) is 0 Å². The summed E-state index contributed by atoms with van der Waals surface area (Å²) in [6, 6.07) is 5.59. The zero-order valence-corrected chi connectivity index (χ0v) is 14.3. The van der Waals surface area contributed by atoms with Gasteiger partial charge < -0.3 is 19.5 Å². The van der Waals surface area contributed by atoms with Crippen molar-refractivity contribution < 1.29 is 32.2 Å². The van der Waals surface area contributed by atoms with Crippen LogP contribution in [0.25, 0.3) is 0 Å². The van der Waals surface area contributed by atoms with Crippen LogP contribution in [-0.4, -0.2) is 32.2 Å². The second-order valence-electron chi connectivity index (χ2n) is 5.13. The predicted octanol–water partition coefficient (Wildman–Crippen LogP) is 3.06. The first-order valence-electron chi connectivity index (χ1n) is 7.40. The maximum Gasteiger partial charge on any atom is 0.417 e. The lowest BCUT2D eigenvalue weighted by atomic mass is 10.1. The van der Waals surface area contributed by atoms with E-state index in [0.717, 1.165) is 6.20 Å².